The van der Waals surface area contributed by atoms with E-state index in [2.05, 4.69) is 16.0 Å². The van der Waals surface area contributed by atoms with E-state index in [4.69, 9.17) is 0 Å². The van der Waals surface area contributed by atoms with Crippen molar-refractivity contribution in [3.63, 3.8) is 0 Å². The highest BCUT2D eigenvalue weighted by molar-refractivity contribution is 7.90. The van der Waals surface area contributed by atoms with Crippen molar-refractivity contribution in [2.75, 3.05) is 18.6 Å². The highest BCUT2D eigenvalue weighted by Crippen LogP contribution is 2.12. The van der Waals surface area contributed by atoms with Gasteiger partial charge in [0.2, 0.25) is 0 Å². The Morgan fingerprint density at radius 2 is 1.68 bits per heavy atom. The van der Waals surface area contributed by atoms with Crippen molar-refractivity contribution in [1.29, 1.82) is 0 Å². The van der Waals surface area contributed by atoms with E-state index in [0.29, 0.717) is 12.8 Å². The number of carbonyl (C=O) groups excluding carboxylic acids is 1. The van der Waals surface area contributed by atoms with Crippen molar-refractivity contribution in [2.45, 2.75) is 64.3 Å². The molecular formula is C21H37N3O6S. The highest BCUT2D eigenvalue weighted by Gasteiger charge is 2.29. The lowest BCUT2D eigenvalue weighted by Crippen LogP contribution is -2.54. The van der Waals surface area contributed by atoms with Crippen LogP contribution in [0.2, 0.25) is 0 Å². The van der Waals surface area contributed by atoms with Crippen molar-refractivity contribution in [2.24, 2.45) is 5.92 Å². The van der Waals surface area contributed by atoms with E-state index in [0.717, 1.165) is 11.8 Å². The van der Waals surface area contributed by atoms with Gasteiger partial charge in [-0.25, -0.2) is 8.42 Å². The number of rotatable bonds is 14. The van der Waals surface area contributed by atoms with Crippen LogP contribution in [-0.4, -0.2) is 72.8 Å². The number of aliphatic hydroxyl groups excluding tert-OH is 3. The van der Waals surface area contributed by atoms with Gasteiger partial charge >= 0.3 is 0 Å². The maximum absolute atomic E-state index is 12.4. The zero-order chi connectivity index (χ0) is 23.6. The summed E-state index contributed by atoms with van der Waals surface area (Å²) < 4.78 is 22.9. The molecule has 0 fully saturated rings. The number of sulfone groups is 1. The molecule has 0 radical (unpaired) electrons. The van der Waals surface area contributed by atoms with Crippen LogP contribution in [-0.2, 0) is 14.6 Å². The van der Waals surface area contributed by atoms with Gasteiger partial charge in [-0.2, -0.15) is 0 Å². The predicted octanol–water partition coefficient (Wildman–Crippen LogP) is -0.110. The average Bonchev–Trinajstić information content (AvgIpc) is 2.70. The Balaban J connectivity index is 2.58. The van der Waals surface area contributed by atoms with E-state index < -0.39 is 46.3 Å². The Labute approximate surface area is 185 Å². The van der Waals surface area contributed by atoms with Gasteiger partial charge in [0.25, 0.3) is 5.91 Å². The van der Waals surface area contributed by atoms with Crippen LogP contribution in [0.4, 0.5) is 0 Å². The minimum Gasteiger partial charge on any atom is -0.382 e. The van der Waals surface area contributed by atoms with Crippen LogP contribution in [0.25, 0.3) is 0 Å². The Kier molecular flexibility index (Phi) is 11.6. The average molecular weight is 460 g/mol. The fraction of sp³-hybridized carbons (Fsp3) is 0.667. The number of benzene rings is 1. The lowest BCUT2D eigenvalue weighted by Gasteiger charge is -2.29. The van der Waals surface area contributed by atoms with Crippen molar-refractivity contribution in [1.82, 2.24) is 16.0 Å². The lowest BCUT2D eigenvalue weighted by molar-refractivity contribution is -0.132. The predicted molar refractivity (Wildman–Crippen MR) is 120 cm³/mol. The molecule has 6 atom stereocenters. The van der Waals surface area contributed by atoms with Crippen molar-refractivity contribution in [3.8, 4) is 0 Å². The molecule has 0 aliphatic carbocycles. The first-order valence-electron chi connectivity index (χ1n) is 10.5. The van der Waals surface area contributed by atoms with Gasteiger partial charge in [-0.05, 0) is 18.9 Å². The zero-order valence-corrected chi connectivity index (χ0v) is 19.5. The lowest BCUT2D eigenvalue weighted by atomic mass is 10.0. The van der Waals surface area contributed by atoms with Crippen LogP contribution in [0.5, 0.6) is 0 Å². The summed E-state index contributed by atoms with van der Waals surface area (Å²) in [6.45, 7) is 5.21. The van der Waals surface area contributed by atoms with Gasteiger partial charge in [-0.15, -0.1) is 0 Å². The monoisotopic (exact) mass is 459 g/mol. The molecule has 1 rings (SSSR count). The van der Waals surface area contributed by atoms with Gasteiger partial charge in [0, 0.05) is 24.3 Å². The molecule has 1 amide bonds. The van der Waals surface area contributed by atoms with Gasteiger partial charge in [0.1, 0.15) is 28.4 Å². The van der Waals surface area contributed by atoms with Crippen molar-refractivity contribution < 1.29 is 28.5 Å². The number of hydrogen-bond acceptors (Lipinski definition) is 8. The van der Waals surface area contributed by atoms with Crippen LogP contribution >= 0.6 is 0 Å². The summed E-state index contributed by atoms with van der Waals surface area (Å²) in [5.41, 5.74) is 0.984. The molecule has 9 nitrogen and oxygen atoms in total. The van der Waals surface area contributed by atoms with Crippen molar-refractivity contribution >= 4 is 15.7 Å². The topological polar surface area (TPSA) is 148 Å². The Hall–Kier alpha value is -1.56. The first kappa shape index (κ1) is 27.5. The molecule has 6 N–H and O–H groups in total. The third kappa shape index (κ3) is 10.5. The fourth-order valence-electron chi connectivity index (χ4n) is 3.27. The summed E-state index contributed by atoms with van der Waals surface area (Å²) in [5.74, 6) is -1.53. The molecular weight excluding hydrogens is 422 g/mol. The summed E-state index contributed by atoms with van der Waals surface area (Å²) in [4.78, 5) is 12.4. The smallest absolute Gasteiger partial charge is 0.250 e. The molecule has 0 aromatic heterocycles. The second-order valence-corrected chi connectivity index (χ2v) is 10.3. The summed E-state index contributed by atoms with van der Waals surface area (Å²) in [5, 5.41) is 39.1. The van der Waals surface area contributed by atoms with Gasteiger partial charge < -0.3 is 20.6 Å². The molecule has 0 bridgehead atoms. The molecule has 0 saturated carbocycles. The van der Waals surface area contributed by atoms with Crippen LogP contribution in [0.3, 0.4) is 0 Å². The van der Waals surface area contributed by atoms with E-state index in [1.807, 2.05) is 44.2 Å². The van der Waals surface area contributed by atoms with Crippen LogP contribution in [0.1, 0.15) is 45.2 Å². The first-order valence-corrected chi connectivity index (χ1v) is 12.6. The normalized spacial score (nSPS) is 17.9. The second-order valence-electron chi connectivity index (χ2n) is 8.08. The minimum absolute atomic E-state index is 0.112. The number of hydrogen-bond donors (Lipinski definition) is 6. The summed E-state index contributed by atoms with van der Waals surface area (Å²) in [7, 11) is -3.28. The number of aliphatic hydroxyl groups is 3. The van der Waals surface area contributed by atoms with E-state index >= 15 is 0 Å². The van der Waals surface area contributed by atoms with Crippen molar-refractivity contribution in [3.05, 3.63) is 35.9 Å². The Morgan fingerprint density at radius 1 is 1.06 bits per heavy atom. The van der Waals surface area contributed by atoms with Crippen LogP contribution in [0.15, 0.2) is 30.3 Å². The molecule has 0 aliphatic heterocycles. The maximum Gasteiger partial charge on any atom is 0.250 e. The molecule has 0 spiro atoms. The number of carbonyl (C=O) groups is 1. The largest absolute Gasteiger partial charge is 0.382 e. The molecule has 3 unspecified atom stereocenters. The fourth-order valence-corrected chi connectivity index (χ4v) is 4.40. The van der Waals surface area contributed by atoms with E-state index in [1.165, 1.54) is 0 Å². The molecule has 0 saturated heterocycles. The summed E-state index contributed by atoms with van der Waals surface area (Å²) >= 11 is 0. The van der Waals surface area contributed by atoms with E-state index in [9.17, 15) is 28.5 Å². The minimum atomic E-state index is -3.28. The third-order valence-corrected chi connectivity index (χ3v) is 6.08. The molecule has 1 aromatic rings. The van der Waals surface area contributed by atoms with Crippen LogP contribution < -0.4 is 16.0 Å². The Morgan fingerprint density at radius 3 is 2.23 bits per heavy atom. The van der Waals surface area contributed by atoms with Crippen LogP contribution in [0, 0.1) is 5.92 Å². The third-order valence-electron chi connectivity index (χ3n) is 4.95. The molecule has 1 aromatic carbocycles. The summed E-state index contributed by atoms with van der Waals surface area (Å²) in [6.07, 6.45) is -1.59. The quantitative estimate of drug-likeness (QED) is 0.211. The maximum atomic E-state index is 12.4. The zero-order valence-electron chi connectivity index (χ0n) is 18.7. The van der Waals surface area contributed by atoms with Gasteiger partial charge in [0.15, 0.2) is 0 Å². The first-order chi connectivity index (χ1) is 14.4. The Bertz CT molecular complexity index is 762. The SMILES string of the molecule is CCCC(N[C@@H](O)C(C)CS(C)(=O)=O)C(O)C(=O)NC[C@@H](O)N[C@H](C)c1ccccc1. The van der Waals surface area contributed by atoms with E-state index in [1.54, 1.807) is 6.92 Å². The molecule has 0 aliphatic rings. The number of nitrogens with one attached hydrogen (secondary N) is 3. The standard InChI is InChI=1S/C21H37N3O6S/c1-5-9-17(24-20(27)14(2)13-31(4,29)30)19(26)21(28)22-12-18(25)23-15(3)16-10-7-6-8-11-16/h6-8,10-11,14-15,17-20,23-27H,5,9,12-13H2,1-4H3,(H,22,28)/t14?,15-,17?,18-,19?,20+/m1/s1. The summed E-state index contributed by atoms with van der Waals surface area (Å²) in [6, 6.07) is 8.62. The molecule has 178 valence electrons. The number of amides is 1. The molecule has 10 heteroatoms. The van der Waals surface area contributed by atoms with E-state index in [-0.39, 0.29) is 18.3 Å². The second kappa shape index (κ2) is 13.1. The molecule has 0 heterocycles. The van der Waals surface area contributed by atoms with Gasteiger partial charge in [-0.3, -0.25) is 15.4 Å². The van der Waals surface area contributed by atoms with Gasteiger partial charge in [0.05, 0.1) is 12.3 Å². The highest BCUT2D eigenvalue weighted by atomic mass is 32.2. The van der Waals surface area contributed by atoms with Gasteiger partial charge in [-0.1, -0.05) is 50.6 Å². The molecule has 31 heavy (non-hydrogen) atoms.